The highest BCUT2D eigenvalue weighted by atomic mass is 19.1. The Labute approximate surface area is 225 Å². The fraction of sp³-hybridized carbons (Fsp3) is 0.233. The second kappa shape index (κ2) is 11.6. The molecule has 1 fully saturated rings. The molecule has 1 aromatic heterocycles. The second-order valence-electron chi connectivity index (χ2n) is 9.50. The Hall–Kier alpha value is -4.37. The highest BCUT2D eigenvalue weighted by Crippen LogP contribution is 2.25. The van der Waals surface area contributed by atoms with Crippen LogP contribution in [0.2, 0.25) is 0 Å². The normalized spacial score (nSPS) is 14.8. The lowest BCUT2D eigenvalue weighted by atomic mass is 10.1. The molecule has 200 valence electrons. The Morgan fingerprint density at radius 3 is 2.54 bits per heavy atom. The highest BCUT2D eigenvalue weighted by molar-refractivity contribution is 5.99. The number of carbonyl (C=O) groups is 2. The van der Waals surface area contributed by atoms with Crippen LogP contribution in [0.4, 0.5) is 14.7 Å². The van der Waals surface area contributed by atoms with Gasteiger partial charge in [-0.15, -0.1) is 0 Å². The number of anilines is 1. The molecular weight excluding hydrogens is 502 g/mol. The molecule has 3 aromatic carbocycles. The Kier molecular flexibility index (Phi) is 7.79. The maximum absolute atomic E-state index is 14.4. The van der Waals surface area contributed by atoms with Crippen LogP contribution in [0, 0.1) is 18.6 Å². The first-order valence-corrected chi connectivity index (χ1v) is 12.7. The quantitative estimate of drug-likeness (QED) is 0.332. The lowest BCUT2D eigenvalue weighted by molar-refractivity contribution is -0.117. The van der Waals surface area contributed by atoms with Crippen LogP contribution in [0.1, 0.15) is 28.8 Å². The summed E-state index contributed by atoms with van der Waals surface area (Å²) in [6.07, 6.45) is 3.19. The fourth-order valence-electron chi connectivity index (χ4n) is 4.51. The number of ether oxygens (including phenoxy) is 1. The number of hydrogen-bond acceptors (Lipinski definition) is 4. The number of nitrogens with zero attached hydrogens (tertiary/aromatic N) is 3. The molecule has 1 aliphatic heterocycles. The van der Waals surface area contributed by atoms with Gasteiger partial charge in [0.1, 0.15) is 18.2 Å². The maximum atomic E-state index is 14.4. The summed E-state index contributed by atoms with van der Waals surface area (Å²) in [5.41, 5.74) is 2.67. The lowest BCUT2D eigenvalue weighted by Crippen LogP contribution is -2.42. The van der Waals surface area contributed by atoms with E-state index in [4.69, 9.17) is 4.74 Å². The van der Waals surface area contributed by atoms with Crippen LogP contribution in [-0.4, -0.2) is 52.1 Å². The van der Waals surface area contributed by atoms with Crippen molar-refractivity contribution >= 4 is 17.8 Å². The molecule has 39 heavy (non-hydrogen) atoms. The second-order valence-corrected chi connectivity index (χ2v) is 9.50. The summed E-state index contributed by atoms with van der Waals surface area (Å²) in [7, 11) is 0. The zero-order valence-electron chi connectivity index (χ0n) is 21.4. The van der Waals surface area contributed by atoms with Crippen LogP contribution < -0.4 is 5.32 Å². The molecule has 0 aliphatic carbocycles. The van der Waals surface area contributed by atoms with E-state index in [1.807, 2.05) is 30.3 Å². The zero-order chi connectivity index (χ0) is 27.4. The molecule has 2 amide bonds. The van der Waals surface area contributed by atoms with Crippen LogP contribution >= 0.6 is 0 Å². The van der Waals surface area contributed by atoms with Gasteiger partial charge in [0.2, 0.25) is 11.9 Å². The number of benzene rings is 3. The minimum atomic E-state index is -0.484. The van der Waals surface area contributed by atoms with E-state index in [9.17, 15) is 18.4 Å². The minimum absolute atomic E-state index is 0.188. The molecule has 5 rings (SSSR count). The number of hydrogen-bond donors (Lipinski definition) is 1. The van der Waals surface area contributed by atoms with Crippen molar-refractivity contribution in [1.29, 1.82) is 0 Å². The molecule has 1 aliphatic rings. The molecule has 1 N–H and O–H groups in total. The third kappa shape index (κ3) is 6.21. The van der Waals surface area contributed by atoms with Crippen molar-refractivity contribution in [3.8, 4) is 16.9 Å². The van der Waals surface area contributed by atoms with E-state index in [1.54, 1.807) is 29.8 Å². The number of imidazole rings is 1. The Morgan fingerprint density at radius 1 is 1.08 bits per heavy atom. The Bertz CT molecular complexity index is 1470. The number of nitrogens with one attached hydrogen (secondary N) is 1. The van der Waals surface area contributed by atoms with E-state index in [0.29, 0.717) is 23.6 Å². The molecule has 0 spiro atoms. The van der Waals surface area contributed by atoms with Crippen molar-refractivity contribution < 1.29 is 23.1 Å². The van der Waals surface area contributed by atoms with Crippen LogP contribution in [0.15, 0.2) is 79.0 Å². The van der Waals surface area contributed by atoms with Crippen molar-refractivity contribution in [3.05, 3.63) is 102 Å². The van der Waals surface area contributed by atoms with Gasteiger partial charge in [-0.25, -0.2) is 13.8 Å². The summed E-state index contributed by atoms with van der Waals surface area (Å²) in [6.45, 7) is 2.22. The van der Waals surface area contributed by atoms with Gasteiger partial charge in [0.05, 0.1) is 17.5 Å². The Balaban J connectivity index is 1.42. The predicted molar refractivity (Wildman–Crippen MR) is 144 cm³/mol. The fourth-order valence-corrected chi connectivity index (χ4v) is 4.51. The van der Waals surface area contributed by atoms with E-state index in [-0.39, 0.29) is 36.5 Å². The first-order valence-electron chi connectivity index (χ1n) is 12.7. The summed E-state index contributed by atoms with van der Waals surface area (Å²) in [6, 6.07) is 19.4. The number of aryl methyl sites for hydroxylation is 1. The monoisotopic (exact) mass is 530 g/mol. The van der Waals surface area contributed by atoms with Gasteiger partial charge in [0.15, 0.2) is 0 Å². The molecule has 9 heteroatoms. The lowest BCUT2D eigenvalue weighted by Gasteiger charge is -2.25. The van der Waals surface area contributed by atoms with E-state index < -0.39 is 17.6 Å². The van der Waals surface area contributed by atoms with Crippen LogP contribution in [0.5, 0.6) is 0 Å². The summed E-state index contributed by atoms with van der Waals surface area (Å²) in [5.74, 6) is -1.54. The molecule has 0 saturated carbocycles. The van der Waals surface area contributed by atoms with Gasteiger partial charge in [0, 0.05) is 30.5 Å². The van der Waals surface area contributed by atoms with Crippen molar-refractivity contribution in [2.45, 2.75) is 25.9 Å². The van der Waals surface area contributed by atoms with Gasteiger partial charge < -0.3 is 9.64 Å². The van der Waals surface area contributed by atoms with Crippen molar-refractivity contribution in [2.75, 3.05) is 25.0 Å². The average molecular weight is 531 g/mol. The third-order valence-corrected chi connectivity index (χ3v) is 6.62. The predicted octanol–water partition coefficient (Wildman–Crippen LogP) is 5.39. The van der Waals surface area contributed by atoms with E-state index >= 15 is 0 Å². The minimum Gasteiger partial charge on any atom is -0.376 e. The van der Waals surface area contributed by atoms with Crippen LogP contribution in [0.25, 0.3) is 16.9 Å². The molecule has 1 atom stereocenters. The van der Waals surface area contributed by atoms with E-state index in [2.05, 4.69) is 10.3 Å². The Morgan fingerprint density at radius 2 is 1.85 bits per heavy atom. The largest absolute Gasteiger partial charge is 0.376 e. The van der Waals surface area contributed by atoms with Gasteiger partial charge in [-0.3, -0.25) is 19.5 Å². The highest BCUT2D eigenvalue weighted by Gasteiger charge is 2.26. The zero-order valence-corrected chi connectivity index (χ0v) is 21.4. The van der Waals surface area contributed by atoms with E-state index in [1.165, 1.54) is 35.2 Å². The molecular formula is C30H28F2N4O3. The molecule has 1 saturated heterocycles. The smallest absolute Gasteiger partial charge is 0.254 e. The number of aromatic nitrogens is 2. The van der Waals surface area contributed by atoms with E-state index in [0.717, 1.165) is 18.4 Å². The molecule has 2 heterocycles. The van der Waals surface area contributed by atoms with Crippen LogP contribution in [-0.2, 0) is 9.53 Å². The number of rotatable bonds is 8. The standard InChI is InChI=1S/C30H28F2N4O3/c1-20-9-14-24(16-26(20)32)36-18-27(21-6-3-2-4-7-21)33-30(36)34-28(37)19-35(17-25-8-5-15-39-25)29(38)22-10-12-23(31)13-11-22/h2-4,6-7,9-14,16,18,25H,5,8,15,17,19H2,1H3,(H,33,34,37). The summed E-state index contributed by atoms with van der Waals surface area (Å²) in [4.78, 5) is 32.6. The molecule has 0 bridgehead atoms. The van der Waals surface area contributed by atoms with Gasteiger partial charge in [-0.05, 0) is 61.7 Å². The molecule has 7 nitrogen and oxygen atoms in total. The molecule has 4 aromatic rings. The first kappa shape index (κ1) is 26.2. The van der Waals surface area contributed by atoms with Gasteiger partial charge in [0.25, 0.3) is 5.91 Å². The number of amides is 2. The molecule has 1 unspecified atom stereocenters. The average Bonchev–Trinajstić information content (AvgIpc) is 3.61. The topological polar surface area (TPSA) is 76.5 Å². The van der Waals surface area contributed by atoms with Crippen LogP contribution in [0.3, 0.4) is 0 Å². The van der Waals surface area contributed by atoms with Crippen molar-refractivity contribution in [2.24, 2.45) is 0 Å². The van der Waals surface area contributed by atoms with Gasteiger partial charge in [-0.2, -0.15) is 0 Å². The third-order valence-electron chi connectivity index (χ3n) is 6.62. The number of carbonyl (C=O) groups excluding carboxylic acids is 2. The number of halogens is 2. The summed E-state index contributed by atoms with van der Waals surface area (Å²) >= 11 is 0. The van der Waals surface area contributed by atoms with Gasteiger partial charge >= 0.3 is 0 Å². The van der Waals surface area contributed by atoms with Gasteiger partial charge in [-0.1, -0.05) is 36.4 Å². The maximum Gasteiger partial charge on any atom is 0.254 e. The first-order chi connectivity index (χ1) is 18.9. The molecule has 0 radical (unpaired) electrons. The SMILES string of the molecule is Cc1ccc(-n2cc(-c3ccccc3)nc2NC(=O)CN(CC2CCCO2)C(=O)c2ccc(F)cc2)cc1F. The van der Waals surface area contributed by atoms with Crippen molar-refractivity contribution in [3.63, 3.8) is 0 Å². The van der Waals surface area contributed by atoms with Crippen molar-refractivity contribution in [1.82, 2.24) is 14.5 Å². The summed E-state index contributed by atoms with van der Waals surface area (Å²) in [5, 5.41) is 2.80. The summed E-state index contributed by atoms with van der Waals surface area (Å²) < 4.78 is 35.2.